The van der Waals surface area contributed by atoms with Gasteiger partial charge in [-0.2, -0.15) is 0 Å². The Morgan fingerprint density at radius 3 is 2.46 bits per heavy atom. The van der Waals surface area contributed by atoms with Crippen LogP contribution in [0.1, 0.15) is 42.5 Å². The molecule has 28 heavy (non-hydrogen) atoms. The molecule has 0 bridgehead atoms. The largest absolute Gasteiger partial charge is 0.326 e. The number of benzene rings is 2. The van der Waals surface area contributed by atoms with Gasteiger partial charge in [-0.3, -0.25) is 9.59 Å². The summed E-state index contributed by atoms with van der Waals surface area (Å²) in [4.78, 5) is 25.0. The van der Waals surface area contributed by atoms with Crippen molar-refractivity contribution in [1.29, 1.82) is 0 Å². The van der Waals surface area contributed by atoms with Crippen LogP contribution in [0.2, 0.25) is 5.02 Å². The number of carbonyl (C=O) groups excluding carboxylic acids is 2. The molecule has 2 aromatic carbocycles. The molecule has 0 atom stereocenters. The second-order valence-electron chi connectivity index (χ2n) is 7.16. The molecule has 0 aromatic heterocycles. The lowest BCUT2D eigenvalue weighted by atomic mass is 9.65. The van der Waals surface area contributed by atoms with E-state index in [4.69, 9.17) is 11.6 Å². The lowest BCUT2D eigenvalue weighted by molar-refractivity contribution is -0.130. The average molecular weight is 401 g/mol. The molecule has 6 heteroatoms. The highest BCUT2D eigenvalue weighted by atomic mass is 35.5. The van der Waals surface area contributed by atoms with Crippen molar-refractivity contribution in [2.24, 2.45) is 5.41 Å². The predicted octanol–water partition coefficient (Wildman–Crippen LogP) is 5.31. The number of anilines is 1. The molecule has 1 saturated carbocycles. The maximum Gasteiger partial charge on any atom is 0.255 e. The van der Waals surface area contributed by atoms with E-state index in [1.807, 2.05) is 0 Å². The van der Waals surface area contributed by atoms with Crippen LogP contribution in [0.4, 0.5) is 10.1 Å². The van der Waals surface area contributed by atoms with Crippen LogP contribution >= 0.6 is 11.6 Å². The molecule has 0 unspecified atom stereocenters. The fourth-order valence-corrected chi connectivity index (χ4v) is 3.50. The third-order valence-corrected chi connectivity index (χ3v) is 5.41. The molecule has 146 valence electrons. The van der Waals surface area contributed by atoms with Gasteiger partial charge in [0.1, 0.15) is 5.82 Å². The Balaban J connectivity index is 1.55. The maximum atomic E-state index is 13.0. The third kappa shape index (κ3) is 4.78. The molecular weight excluding hydrogens is 379 g/mol. The molecule has 2 amide bonds. The van der Waals surface area contributed by atoms with Crippen molar-refractivity contribution >= 4 is 29.1 Å². The molecule has 1 aliphatic rings. The molecule has 2 aromatic rings. The van der Waals surface area contributed by atoms with Gasteiger partial charge in [-0.1, -0.05) is 30.7 Å². The van der Waals surface area contributed by atoms with Crippen LogP contribution in [0.25, 0.3) is 0 Å². The molecule has 0 saturated heterocycles. The molecule has 0 radical (unpaired) electrons. The van der Waals surface area contributed by atoms with Crippen LogP contribution < -0.4 is 10.6 Å². The van der Waals surface area contributed by atoms with Gasteiger partial charge < -0.3 is 10.6 Å². The summed E-state index contributed by atoms with van der Waals surface area (Å²) in [6, 6.07) is 12.4. The van der Waals surface area contributed by atoms with E-state index in [0.29, 0.717) is 34.8 Å². The third-order valence-electron chi connectivity index (χ3n) is 5.18. The summed E-state index contributed by atoms with van der Waals surface area (Å²) in [6.45, 7) is 3.92. The van der Waals surface area contributed by atoms with E-state index < -0.39 is 5.41 Å². The van der Waals surface area contributed by atoms with Gasteiger partial charge in [-0.25, -0.2) is 4.39 Å². The molecule has 1 aliphatic carbocycles. The van der Waals surface area contributed by atoms with Gasteiger partial charge in [0.25, 0.3) is 5.91 Å². The van der Waals surface area contributed by atoms with E-state index in [0.717, 1.165) is 19.3 Å². The van der Waals surface area contributed by atoms with Gasteiger partial charge in [-0.05, 0) is 68.1 Å². The second kappa shape index (κ2) is 8.57. The number of rotatable bonds is 7. The summed E-state index contributed by atoms with van der Waals surface area (Å²) >= 11 is 5.92. The number of nitrogens with one attached hydrogen (secondary N) is 2. The van der Waals surface area contributed by atoms with Crippen LogP contribution in [0, 0.1) is 11.2 Å². The van der Waals surface area contributed by atoms with E-state index in [2.05, 4.69) is 17.2 Å². The summed E-state index contributed by atoms with van der Waals surface area (Å²) in [5, 5.41) is 6.13. The van der Waals surface area contributed by atoms with E-state index in [1.165, 1.54) is 12.1 Å². The van der Waals surface area contributed by atoms with Crippen LogP contribution in [-0.4, -0.2) is 11.8 Å². The summed E-state index contributed by atoms with van der Waals surface area (Å²) in [6.07, 6.45) is 3.65. The SMILES string of the molecule is C=C(CCC1(C(=O)Nc2ccc(F)cc2)CCC1)NC(=O)c1cccc(Cl)c1. The van der Waals surface area contributed by atoms with Gasteiger partial charge in [0.15, 0.2) is 0 Å². The van der Waals surface area contributed by atoms with Crippen molar-refractivity contribution in [2.45, 2.75) is 32.1 Å². The summed E-state index contributed by atoms with van der Waals surface area (Å²) < 4.78 is 13.0. The molecule has 0 spiro atoms. The molecule has 4 nitrogen and oxygen atoms in total. The summed E-state index contributed by atoms with van der Waals surface area (Å²) in [5.74, 6) is -0.687. The Kier molecular flexibility index (Phi) is 6.15. The number of hydrogen-bond donors (Lipinski definition) is 2. The Hall–Kier alpha value is -2.66. The van der Waals surface area contributed by atoms with Crippen molar-refractivity contribution in [1.82, 2.24) is 5.32 Å². The highest BCUT2D eigenvalue weighted by Gasteiger charge is 2.43. The standard InChI is InChI=1S/C22H22ClFN2O2/c1-15(25-20(27)16-4-2-5-17(23)14-16)10-13-22(11-3-12-22)21(28)26-19-8-6-18(24)7-9-19/h2,4-9,14H,1,3,10-13H2,(H,25,27)(H,26,28). The van der Waals surface area contributed by atoms with Gasteiger partial charge in [-0.15, -0.1) is 0 Å². The second-order valence-corrected chi connectivity index (χ2v) is 7.60. The van der Waals surface area contributed by atoms with Gasteiger partial charge in [0.2, 0.25) is 5.91 Å². The fourth-order valence-electron chi connectivity index (χ4n) is 3.31. The zero-order valence-corrected chi connectivity index (χ0v) is 16.2. The van der Waals surface area contributed by atoms with Crippen molar-refractivity contribution < 1.29 is 14.0 Å². The minimum absolute atomic E-state index is 0.0701. The Morgan fingerprint density at radius 1 is 1.14 bits per heavy atom. The van der Waals surface area contributed by atoms with Gasteiger partial charge in [0, 0.05) is 27.4 Å². The quantitative estimate of drug-likeness (QED) is 0.661. The first-order valence-electron chi connectivity index (χ1n) is 9.20. The molecular formula is C22H22ClFN2O2. The van der Waals surface area contributed by atoms with Crippen LogP contribution in [-0.2, 0) is 4.79 Å². The monoisotopic (exact) mass is 400 g/mol. The topological polar surface area (TPSA) is 58.2 Å². The summed E-state index contributed by atoms with van der Waals surface area (Å²) in [5.41, 5.74) is 1.12. The molecule has 0 heterocycles. The smallest absolute Gasteiger partial charge is 0.255 e. The molecule has 2 N–H and O–H groups in total. The Bertz CT molecular complexity index is 892. The van der Waals surface area contributed by atoms with Crippen LogP contribution in [0.3, 0.4) is 0 Å². The van der Waals surface area contributed by atoms with Gasteiger partial charge >= 0.3 is 0 Å². The van der Waals surface area contributed by atoms with E-state index in [-0.39, 0.29) is 17.6 Å². The fraction of sp³-hybridized carbons (Fsp3) is 0.273. The highest BCUT2D eigenvalue weighted by molar-refractivity contribution is 6.31. The van der Waals surface area contributed by atoms with Crippen molar-refractivity contribution in [2.75, 3.05) is 5.32 Å². The normalized spacial score (nSPS) is 14.6. The predicted molar refractivity (Wildman–Crippen MR) is 109 cm³/mol. The number of allylic oxidation sites excluding steroid dienone is 1. The number of carbonyl (C=O) groups is 2. The number of amides is 2. The van der Waals surface area contributed by atoms with Crippen molar-refractivity contribution in [3.63, 3.8) is 0 Å². The number of halogens is 2. The van der Waals surface area contributed by atoms with Crippen LogP contribution in [0.5, 0.6) is 0 Å². The summed E-state index contributed by atoms with van der Waals surface area (Å²) in [7, 11) is 0. The maximum absolute atomic E-state index is 13.0. The first-order chi connectivity index (χ1) is 13.4. The van der Waals surface area contributed by atoms with Crippen molar-refractivity contribution in [3.8, 4) is 0 Å². The molecule has 0 aliphatic heterocycles. The zero-order valence-electron chi connectivity index (χ0n) is 15.4. The first kappa shape index (κ1) is 20.1. The zero-order chi connectivity index (χ0) is 20.1. The molecule has 3 rings (SSSR count). The molecule has 1 fully saturated rings. The lowest BCUT2D eigenvalue weighted by Crippen LogP contribution is -2.42. The average Bonchev–Trinajstić information content (AvgIpc) is 2.62. The van der Waals surface area contributed by atoms with E-state index >= 15 is 0 Å². The first-order valence-corrected chi connectivity index (χ1v) is 9.57. The number of hydrogen-bond acceptors (Lipinski definition) is 2. The van der Waals surface area contributed by atoms with E-state index in [9.17, 15) is 14.0 Å². The minimum atomic E-state index is -0.474. The van der Waals surface area contributed by atoms with Crippen LogP contribution in [0.15, 0.2) is 60.8 Å². The Morgan fingerprint density at radius 2 is 1.86 bits per heavy atom. The minimum Gasteiger partial charge on any atom is -0.326 e. The van der Waals surface area contributed by atoms with Gasteiger partial charge in [0.05, 0.1) is 0 Å². The lowest BCUT2D eigenvalue weighted by Gasteiger charge is -2.40. The highest BCUT2D eigenvalue weighted by Crippen LogP contribution is 2.46. The van der Waals surface area contributed by atoms with Crippen molar-refractivity contribution in [3.05, 3.63) is 77.2 Å². The van der Waals surface area contributed by atoms with E-state index in [1.54, 1.807) is 36.4 Å². The Labute approximate surface area is 168 Å².